The van der Waals surface area contributed by atoms with Gasteiger partial charge in [-0.1, -0.05) is 17.8 Å². The van der Waals surface area contributed by atoms with Gasteiger partial charge in [0.05, 0.1) is 21.6 Å². The molecule has 5 heterocycles. The highest BCUT2D eigenvalue weighted by Crippen LogP contribution is 2.46. The molecule has 2 amide bonds. The average Bonchev–Trinajstić information content (AvgIpc) is 3.43. The Morgan fingerprint density at radius 2 is 2.16 bits per heavy atom. The summed E-state index contributed by atoms with van der Waals surface area (Å²) in [5, 5.41) is 14.0. The molecule has 3 aromatic rings. The van der Waals surface area contributed by atoms with Crippen LogP contribution in [0.15, 0.2) is 59.9 Å². The molecule has 0 bridgehead atoms. The minimum absolute atomic E-state index is 0.0977. The molecule has 12 heteroatoms. The highest BCUT2D eigenvalue weighted by molar-refractivity contribution is 8.07. The topological polar surface area (TPSA) is 117 Å². The number of fused-ring (bicyclic) bond motifs is 2. The second-order valence-electron chi connectivity index (χ2n) is 6.93. The molecule has 0 radical (unpaired) electrons. The van der Waals surface area contributed by atoms with Crippen molar-refractivity contribution in [2.75, 3.05) is 5.75 Å². The Kier molecular flexibility index (Phi) is 5.61. The van der Waals surface area contributed by atoms with E-state index in [4.69, 9.17) is 4.42 Å². The zero-order chi connectivity index (χ0) is 22.4. The van der Waals surface area contributed by atoms with Crippen molar-refractivity contribution in [2.45, 2.75) is 22.0 Å². The monoisotopic (exact) mass is 506 g/mol. The number of carbonyl (C=O) groups is 3. The summed E-state index contributed by atoms with van der Waals surface area (Å²) in [6.45, 7) is 0. The van der Waals surface area contributed by atoms with Gasteiger partial charge in [0.15, 0.2) is 5.58 Å². The number of carbonyl (C=O) groups excluding carboxylic acids is 2. The number of hydrogen-bond acceptors (Lipinski definition) is 9. The highest BCUT2D eigenvalue weighted by Gasteiger charge is 2.54. The smallest absolute Gasteiger partial charge is 0.353 e. The van der Waals surface area contributed by atoms with E-state index in [9.17, 15) is 24.3 Å². The molecule has 0 aromatic carbocycles. The molecule has 0 saturated carbocycles. The van der Waals surface area contributed by atoms with E-state index in [1.165, 1.54) is 63.4 Å². The van der Waals surface area contributed by atoms with Gasteiger partial charge in [0.25, 0.3) is 5.91 Å². The first-order chi connectivity index (χ1) is 15.4. The zero-order valence-electron chi connectivity index (χ0n) is 16.1. The van der Waals surface area contributed by atoms with E-state index in [0.29, 0.717) is 19.6 Å². The van der Waals surface area contributed by atoms with Gasteiger partial charge in [0, 0.05) is 21.6 Å². The fourth-order valence-corrected chi connectivity index (χ4v) is 8.02. The van der Waals surface area contributed by atoms with Crippen LogP contribution >= 0.6 is 46.2 Å². The molecule has 3 aromatic heterocycles. The number of rotatable bonds is 6. The Bertz CT molecular complexity index is 1330. The molecule has 5 rings (SSSR count). The summed E-state index contributed by atoms with van der Waals surface area (Å²) in [7, 11) is 0. The molecule has 32 heavy (non-hydrogen) atoms. The van der Waals surface area contributed by atoms with Crippen LogP contribution in [-0.4, -0.2) is 45.0 Å². The maximum atomic E-state index is 12.8. The fraction of sp³-hybridized carbons (Fsp3) is 0.200. The number of aliphatic carboxylic acids is 1. The summed E-state index contributed by atoms with van der Waals surface area (Å²) in [5.41, 5.74) is -0.109. The number of nitrogens with zero attached hydrogens (tertiary/aromatic N) is 1. The molecule has 1 fully saturated rings. The van der Waals surface area contributed by atoms with Gasteiger partial charge < -0.3 is 14.8 Å². The number of β-lactam (4-membered cyclic amide) rings is 1. The largest absolute Gasteiger partial charge is 0.477 e. The van der Waals surface area contributed by atoms with Crippen molar-refractivity contribution in [3.8, 4) is 0 Å². The number of carboxylic acids is 1. The van der Waals surface area contributed by atoms with E-state index in [0.717, 1.165) is 4.88 Å². The molecule has 2 atom stereocenters. The second kappa shape index (κ2) is 8.43. The van der Waals surface area contributed by atoms with Crippen molar-refractivity contribution >= 4 is 74.3 Å². The predicted molar refractivity (Wildman–Crippen MR) is 124 cm³/mol. The van der Waals surface area contributed by atoms with Crippen LogP contribution in [0.5, 0.6) is 0 Å². The van der Waals surface area contributed by atoms with Crippen LogP contribution in [0.25, 0.3) is 10.3 Å². The van der Waals surface area contributed by atoms with Crippen molar-refractivity contribution < 1.29 is 23.9 Å². The van der Waals surface area contributed by atoms with Gasteiger partial charge in [-0.3, -0.25) is 19.3 Å². The van der Waals surface area contributed by atoms with E-state index in [2.05, 4.69) is 5.32 Å². The maximum absolute atomic E-state index is 12.8. The maximum Gasteiger partial charge on any atom is 0.353 e. The highest BCUT2D eigenvalue weighted by atomic mass is 32.2. The zero-order valence-corrected chi connectivity index (χ0v) is 19.4. The summed E-state index contributed by atoms with van der Waals surface area (Å²) >= 11 is 5.34. The van der Waals surface area contributed by atoms with E-state index in [1.807, 2.05) is 17.5 Å². The van der Waals surface area contributed by atoms with Gasteiger partial charge in [-0.25, -0.2) is 4.79 Å². The van der Waals surface area contributed by atoms with Crippen LogP contribution in [0.4, 0.5) is 0 Å². The average molecular weight is 507 g/mol. The molecule has 2 N–H and O–H groups in total. The molecular formula is C20H14N2O6S4. The van der Waals surface area contributed by atoms with Crippen molar-refractivity contribution in [2.24, 2.45) is 0 Å². The number of carboxylic acid groups (broad SMARTS) is 1. The third-order valence-electron chi connectivity index (χ3n) is 4.90. The molecule has 2 aliphatic heterocycles. The van der Waals surface area contributed by atoms with E-state index < -0.39 is 23.3 Å². The van der Waals surface area contributed by atoms with E-state index in [-0.39, 0.29) is 29.0 Å². The summed E-state index contributed by atoms with van der Waals surface area (Å²) in [6.07, 6.45) is 1.61. The minimum atomic E-state index is -1.22. The van der Waals surface area contributed by atoms with Crippen LogP contribution in [0.3, 0.4) is 0 Å². The lowest BCUT2D eigenvalue weighted by atomic mass is 10.0. The van der Waals surface area contributed by atoms with Crippen LogP contribution < -0.4 is 10.7 Å². The molecule has 164 valence electrons. The quantitative estimate of drug-likeness (QED) is 0.490. The lowest BCUT2D eigenvalue weighted by Gasteiger charge is -2.49. The summed E-state index contributed by atoms with van der Waals surface area (Å²) < 4.78 is 6.46. The Balaban J connectivity index is 1.36. The van der Waals surface area contributed by atoms with Gasteiger partial charge in [-0.05, 0) is 17.5 Å². The SMILES string of the molecule is O=C(Cc1cccs1)NC1C(=O)N2C(C(=O)O)=C(Sc3cc(=O)c4occc4s3)CS[C@H]12. The number of thiophene rings is 1. The third-order valence-corrected chi connectivity index (χ3v) is 9.51. The molecule has 1 saturated heterocycles. The Morgan fingerprint density at radius 3 is 2.91 bits per heavy atom. The van der Waals surface area contributed by atoms with Gasteiger partial charge in [0.1, 0.15) is 17.1 Å². The molecule has 8 nitrogen and oxygen atoms in total. The van der Waals surface area contributed by atoms with Crippen LogP contribution in [0, 0.1) is 0 Å². The first-order valence-electron chi connectivity index (χ1n) is 9.34. The lowest BCUT2D eigenvalue weighted by molar-refractivity contribution is -0.150. The molecule has 2 aliphatic rings. The van der Waals surface area contributed by atoms with Crippen LogP contribution in [-0.2, 0) is 20.8 Å². The number of amides is 2. The van der Waals surface area contributed by atoms with Crippen molar-refractivity contribution in [1.82, 2.24) is 10.2 Å². The molecule has 1 unspecified atom stereocenters. The standard InChI is InChI=1S/C20H14N2O6S4/c23-10-7-14(31-11-3-4-28-17(10)11)32-12-8-30-19-15(18(25)22(19)16(12)20(26)27)21-13(24)6-9-2-1-5-29-9/h1-5,7,15,19H,6,8H2,(H,21,24)(H,26,27)/t15?,19-/m1/s1. The van der Waals surface area contributed by atoms with Gasteiger partial charge in [-0.2, -0.15) is 0 Å². The second-order valence-corrected chi connectivity index (χ2v) is 11.5. The Labute approximate surface area is 197 Å². The van der Waals surface area contributed by atoms with Gasteiger partial charge in [0.2, 0.25) is 11.3 Å². The fourth-order valence-electron chi connectivity index (χ4n) is 3.50. The first-order valence-corrected chi connectivity index (χ1v) is 12.9. The van der Waals surface area contributed by atoms with Crippen molar-refractivity contribution in [3.05, 3.63) is 61.6 Å². The van der Waals surface area contributed by atoms with Crippen LogP contribution in [0.1, 0.15) is 4.88 Å². The number of nitrogens with one attached hydrogen (secondary N) is 1. The molecule has 0 aliphatic carbocycles. The van der Waals surface area contributed by atoms with Crippen LogP contribution in [0.2, 0.25) is 0 Å². The minimum Gasteiger partial charge on any atom is -0.477 e. The number of hydrogen-bond donors (Lipinski definition) is 2. The third kappa shape index (κ3) is 3.76. The van der Waals surface area contributed by atoms with E-state index >= 15 is 0 Å². The van der Waals surface area contributed by atoms with Gasteiger partial charge in [-0.15, -0.1) is 34.4 Å². The normalized spacial score (nSPS) is 20.2. The summed E-state index contributed by atoms with van der Waals surface area (Å²) in [6, 6.07) is 6.04. The molecule has 0 spiro atoms. The lowest BCUT2D eigenvalue weighted by Crippen LogP contribution is -2.70. The molecular weight excluding hydrogens is 492 g/mol. The van der Waals surface area contributed by atoms with Crippen molar-refractivity contribution in [3.63, 3.8) is 0 Å². The Hall–Kier alpha value is -2.54. The van der Waals surface area contributed by atoms with Crippen molar-refractivity contribution in [1.29, 1.82) is 0 Å². The summed E-state index contributed by atoms with van der Waals surface area (Å²) in [4.78, 5) is 51.9. The summed E-state index contributed by atoms with van der Waals surface area (Å²) in [5.74, 6) is -1.59. The first kappa shape index (κ1) is 21.3. The predicted octanol–water partition coefficient (Wildman–Crippen LogP) is 2.95. The van der Waals surface area contributed by atoms with E-state index in [1.54, 1.807) is 6.07 Å². The number of furan rings is 1. The number of thioether (sulfide) groups is 2. The van der Waals surface area contributed by atoms with Gasteiger partial charge >= 0.3 is 5.97 Å². The Morgan fingerprint density at radius 1 is 1.31 bits per heavy atom.